The van der Waals surface area contributed by atoms with Crippen LogP contribution < -0.4 is 10.6 Å². The first-order chi connectivity index (χ1) is 15.3. The van der Waals surface area contributed by atoms with Crippen molar-refractivity contribution in [1.82, 2.24) is 4.90 Å². The molecule has 2 aromatic rings. The summed E-state index contributed by atoms with van der Waals surface area (Å²) < 4.78 is 0. The number of hydrogen-bond donors (Lipinski definition) is 2. The quantitative estimate of drug-likeness (QED) is 0.516. The maximum absolute atomic E-state index is 12.9. The van der Waals surface area contributed by atoms with Crippen LogP contribution in [0.3, 0.4) is 0 Å². The van der Waals surface area contributed by atoms with E-state index >= 15 is 0 Å². The second-order valence-corrected chi connectivity index (χ2v) is 9.03. The molecule has 9 heteroatoms. The van der Waals surface area contributed by atoms with Crippen LogP contribution in [0.1, 0.15) is 42.5 Å². The topological polar surface area (TPSA) is 78.5 Å². The summed E-state index contributed by atoms with van der Waals surface area (Å²) in [5.41, 5.74) is 1.47. The molecule has 2 aromatic carbocycles. The maximum Gasteiger partial charge on any atom is 0.279 e. The Morgan fingerprint density at radius 2 is 1.47 bits per heavy atom. The molecule has 2 N–H and O–H groups in total. The molecule has 1 fully saturated rings. The van der Waals surface area contributed by atoms with Crippen molar-refractivity contribution in [2.75, 3.05) is 10.6 Å². The first kappa shape index (κ1) is 22.6. The standard InChI is InChI=1S/C23H20Cl3N3O3/c24-14-10-15(25)12-17(11-14)28-21(30)13-6-8-16(9-7-13)27-20-19(26)22(31)29(23(20)32)18-4-2-1-3-5-18/h6-12,18,27H,1-5H2,(H,28,30). The molecule has 3 amide bonds. The molecule has 0 unspecified atom stereocenters. The molecule has 0 spiro atoms. The van der Waals surface area contributed by atoms with Crippen LogP contribution >= 0.6 is 34.8 Å². The fraction of sp³-hybridized carbons (Fsp3) is 0.261. The van der Waals surface area contributed by atoms with Gasteiger partial charge in [-0.3, -0.25) is 19.3 Å². The third-order valence-electron chi connectivity index (χ3n) is 5.54. The molecule has 1 aliphatic carbocycles. The van der Waals surface area contributed by atoms with E-state index in [-0.39, 0.29) is 22.7 Å². The van der Waals surface area contributed by atoms with Crippen LogP contribution in [0.2, 0.25) is 10.0 Å². The highest BCUT2D eigenvalue weighted by atomic mass is 35.5. The minimum atomic E-state index is -0.456. The van der Waals surface area contributed by atoms with Crippen molar-refractivity contribution in [3.05, 3.63) is 68.8 Å². The van der Waals surface area contributed by atoms with Crippen molar-refractivity contribution in [1.29, 1.82) is 0 Å². The van der Waals surface area contributed by atoms with Crippen molar-refractivity contribution < 1.29 is 14.4 Å². The van der Waals surface area contributed by atoms with Crippen LogP contribution in [0.15, 0.2) is 53.2 Å². The summed E-state index contributed by atoms with van der Waals surface area (Å²) >= 11 is 18.1. The van der Waals surface area contributed by atoms with Crippen LogP contribution in [-0.2, 0) is 9.59 Å². The molecule has 166 valence electrons. The fourth-order valence-corrected chi connectivity index (χ4v) is 4.72. The zero-order chi connectivity index (χ0) is 22.8. The minimum absolute atomic E-state index is 0.0630. The molecule has 0 atom stereocenters. The SMILES string of the molecule is O=C(Nc1cc(Cl)cc(Cl)c1)c1ccc(NC2=C(Cl)C(=O)N(C3CCCCC3)C2=O)cc1. The number of hydrogen-bond acceptors (Lipinski definition) is 4. The molecule has 32 heavy (non-hydrogen) atoms. The first-order valence-corrected chi connectivity index (χ1v) is 11.4. The molecular weight excluding hydrogens is 473 g/mol. The number of nitrogens with zero attached hydrogens (tertiary/aromatic N) is 1. The lowest BCUT2D eigenvalue weighted by Crippen LogP contribution is -2.42. The Morgan fingerprint density at radius 3 is 2.09 bits per heavy atom. The molecular formula is C23H20Cl3N3O3. The zero-order valence-electron chi connectivity index (χ0n) is 17.0. The first-order valence-electron chi connectivity index (χ1n) is 10.3. The van der Waals surface area contributed by atoms with E-state index in [1.165, 1.54) is 4.90 Å². The number of carbonyl (C=O) groups excluding carboxylic acids is 3. The van der Waals surface area contributed by atoms with Crippen LogP contribution in [0.4, 0.5) is 11.4 Å². The highest BCUT2D eigenvalue weighted by Gasteiger charge is 2.42. The lowest BCUT2D eigenvalue weighted by molar-refractivity contribution is -0.140. The highest BCUT2D eigenvalue weighted by molar-refractivity contribution is 6.48. The van der Waals surface area contributed by atoms with Crippen LogP contribution in [0.5, 0.6) is 0 Å². The van der Waals surface area contributed by atoms with Crippen molar-refractivity contribution in [2.24, 2.45) is 0 Å². The van der Waals surface area contributed by atoms with Crippen LogP contribution in [0, 0.1) is 0 Å². The Labute approximate surface area is 200 Å². The van der Waals surface area contributed by atoms with Gasteiger partial charge in [0.1, 0.15) is 10.7 Å². The summed E-state index contributed by atoms with van der Waals surface area (Å²) in [7, 11) is 0. The van der Waals surface area contributed by atoms with Gasteiger partial charge < -0.3 is 10.6 Å². The van der Waals surface area contributed by atoms with Gasteiger partial charge in [0.2, 0.25) is 0 Å². The predicted molar refractivity (Wildman–Crippen MR) is 126 cm³/mol. The van der Waals surface area contributed by atoms with Crippen molar-refractivity contribution in [3.8, 4) is 0 Å². The summed E-state index contributed by atoms with van der Waals surface area (Å²) in [6.07, 6.45) is 4.70. The van der Waals surface area contributed by atoms with E-state index < -0.39 is 11.8 Å². The predicted octanol–water partition coefficient (Wildman–Crippen LogP) is 5.81. The van der Waals surface area contributed by atoms with E-state index in [1.807, 2.05) is 0 Å². The van der Waals surface area contributed by atoms with Gasteiger partial charge in [-0.15, -0.1) is 0 Å². The van der Waals surface area contributed by atoms with E-state index in [0.29, 0.717) is 27.0 Å². The lowest BCUT2D eigenvalue weighted by atomic mass is 9.94. The van der Waals surface area contributed by atoms with Gasteiger partial charge in [-0.2, -0.15) is 0 Å². The van der Waals surface area contributed by atoms with Gasteiger partial charge in [0.25, 0.3) is 17.7 Å². The molecule has 6 nitrogen and oxygen atoms in total. The van der Waals surface area contributed by atoms with E-state index in [2.05, 4.69) is 10.6 Å². The van der Waals surface area contributed by atoms with Crippen molar-refractivity contribution in [3.63, 3.8) is 0 Å². The normalized spacial score (nSPS) is 17.2. The molecule has 4 rings (SSSR count). The summed E-state index contributed by atoms with van der Waals surface area (Å²) in [6.45, 7) is 0. The fourth-order valence-electron chi connectivity index (χ4n) is 3.98. The van der Waals surface area contributed by atoms with Crippen LogP contribution in [0.25, 0.3) is 0 Å². The molecule has 1 saturated carbocycles. The third kappa shape index (κ3) is 4.77. The van der Waals surface area contributed by atoms with E-state index in [1.54, 1.807) is 42.5 Å². The Bertz CT molecular complexity index is 1090. The number of benzene rings is 2. The van der Waals surface area contributed by atoms with Gasteiger partial charge in [-0.1, -0.05) is 54.1 Å². The molecule has 0 aromatic heterocycles. The van der Waals surface area contributed by atoms with Crippen LogP contribution in [-0.4, -0.2) is 28.7 Å². The average Bonchev–Trinajstić information content (AvgIpc) is 2.97. The van der Waals surface area contributed by atoms with Crippen molar-refractivity contribution in [2.45, 2.75) is 38.1 Å². The number of nitrogens with one attached hydrogen (secondary N) is 2. The van der Waals surface area contributed by atoms with Gasteiger partial charge in [-0.05, 0) is 55.3 Å². The van der Waals surface area contributed by atoms with Crippen molar-refractivity contribution >= 4 is 63.9 Å². The Kier molecular flexibility index (Phi) is 6.74. The number of anilines is 2. The van der Waals surface area contributed by atoms with Gasteiger partial charge in [0.15, 0.2) is 0 Å². The van der Waals surface area contributed by atoms with E-state index in [0.717, 1.165) is 32.1 Å². The smallest absolute Gasteiger partial charge is 0.279 e. The number of rotatable bonds is 5. The molecule has 0 saturated heterocycles. The minimum Gasteiger partial charge on any atom is -0.350 e. The summed E-state index contributed by atoms with van der Waals surface area (Å²) in [4.78, 5) is 39.2. The Hall–Kier alpha value is -2.54. The van der Waals surface area contributed by atoms with Gasteiger partial charge in [0, 0.05) is 33.0 Å². The summed E-state index contributed by atoms with van der Waals surface area (Å²) in [5.74, 6) is -1.21. The Morgan fingerprint density at radius 1 is 0.844 bits per heavy atom. The second-order valence-electron chi connectivity index (χ2n) is 7.78. The average molecular weight is 493 g/mol. The van der Waals surface area contributed by atoms with Gasteiger partial charge in [-0.25, -0.2) is 0 Å². The van der Waals surface area contributed by atoms with E-state index in [4.69, 9.17) is 34.8 Å². The zero-order valence-corrected chi connectivity index (χ0v) is 19.2. The number of imide groups is 1. The third-order valence-corrected chi connectivity index (χ3v) is 6.32. The van der Waals surface area contributed by atoms with E-state index in [9.17, 15) is 14.4 Å². The molecule has 1 heterocycles. The second kappa shape index (κ2) is 9.53. The molecule has 1 aliphatic heterocycles. The number of carbonyl (C=O) groups is 3. The van der Waals surface area contributed by atoms with Gasteiger partial charge >= 0.3 is 0 Å². The molecule has 0 radical (unpaired) electrons. The number of amides is 3. The molecule has 2 aliphatic rings. The Balaban J connectivity index is 1.44. The largest absolute Gasteiger partial charge is 0.350 e. The summed E-state index contributed by atoms with van der Waals surface area (Å²) in [5, 5.41) is 6.38. The maximum atomic E-state index is 12.9. The van der Waals surface area contributed by atoms with Gasteiger partial charge in [0.05, 0.1) is 0 Å². The molecule has 0 bridgehead atoms. The monoisotopic (exact) mass is 491 g/mol. The number of halogens is 3. The lowest BCUT2D eigenvalue weighted by Gasteiger charge is -2.29. The highest BCUT2D eigenvalue weighted by Crippen LogP contribution is 2.32. The summed E-state index contributed by atoms with van der Waals surface area (Å²) in [6, 6.07) is 11.1.